The van der Waals surface area contributed by atoms with Crippen LogP contribution < -0.4 is 10.6 Å². The van der Waals surface area contributed by atoms with Crippen molar-refractivity contribution in [2.75, 3.05) is 30.8 Å². The van der Waals surface area contributed by atoms with E-state index in [-0.39, 0.29) is 17.4 Å². The van der Waals surface area contributed by atoms with Crippen LogP contribution in [0.4, 0.5) is 33.7 Å². The molecule has 1 heterocycles. The van der Waals surface area contributed by atoms with Crippen molar-refractivity contribution in [1.29, 1.82) is 0 Å². The number of nitrogens with one attached hydrogen (secondary N) is 2. The number of amides is 2. The minimum absolute atomic E-state index is 0.0316. The number of carbonyl (C=O) groups is 3. The van der Waals surface area contributed by atoms with Crippen molar-refractivity contribution in [3.63, 3.8) is 0 Å². The maximum Gasteiger partial charge on any atom is 0.323 e. The summed E-state index contributed by atoms with van der Waals surface area (Å²) in [6, 6.07) is 5.53. The number of carbonyl (C=O) groups excluding carboxylic acids is 2. The molecule has 0 bridgehead atoms. The van der Waals surface area contributed by atoms with Gasteiger partial charge in [0, 0.05) is 29.7 Å². The third-order valence-electron chi connectivity index (χ3n) is 6.34. The van der Waals surface area contributed by atoms with Crippen LogP contribution in [0.15, 0.2) is 30.3 Å². The first-order chi connectivity index (χ1) is 18.5. The van der Waals surface area contributed by atoms with Gasteiger partial charge in [-0.05, 0) is 51.5 Å². The van der Waals surface area contributed by atoms with Gasteiger partial charge in [-0.15, -0.1) is 0 Å². The zero-order valence-electron chi connectivity index (χ0n) is 22.2. The Labute approximate surface area is 225 Å². The number of unbranched alkanes of at least 4 members (excludes halogenated alkanes) is 4. The molecule has 1 saturated heterocycles. The van der Waals surface area contributed by atoms with Crippen LogP contribution in [0.25, 0.3) is 0 Å². The molecular formula is C28H35F4N3O4. The maximum atomic E-state index is 13.7. The molecular weight excluding hydrogens is 518 g/mol. The van der Waals surface area contributed by atoms with Gasteiger partial charge in [-0.1, -0.05) is 44.7 Å². The Bertz CT molecular complexity index is 1140. The number of rotatable bonds is 10. The van der Waals surface area contributed by atoms with Crippen LogP contribution >= 0.6 is 0 Å². The van der Waals surface area contributed by atoms with Crippen LogP contribution in [-0.4, -0.2) is 47.9 Å². The Morgan fingerprint density at radius 1 is 0.923 bits per heavy atom. The van der Waals surface area contributed by atoms with Crippen molar-refractivity contribution in [3.05, 3.63) is 59.2 Å². The third kappa shape index (κ3) is 10.3. The molecule has 0 aromatic heterocycles. The Balaban J connectivity index is 0.000000455. The number of urea groups is 1. The molecule has 0 aliphatic carbocycles. The second kappa shape index (κ2) is 15.8. The van der Waals surface area contributed by atoms with Crippen molar-refractivity contribution >= 4 is 29.2 Å². The SMILES string of the molecule is CCCCCCCC(=O)O.CN1CCC(C(=O)c2cccc(NC(=O)Nc3cc(F)c(F)c(F)c3F)c2)CC1. The van der Waals surface area contributed by atoms with Gasteiger partial charge in [0.15, 0.2) is 29.1 Å². The average molecular weight is 554 g/mol. The molecule has 1 aliphatic rings. The van der Waals surface area contributed by atoms with Gasteiger partial charge in [0.2, 0.25) is 0 Å². The molecule has 0 unspecified atom stereocenters. The number of hydrogen-bond acceptors (Lipinski definition) is 4. The first-order valence-corrected chi connectivity index (χ1v) is 13.0. The first-order valence-electron chi connectivity index (χ1n) is 13.0. The van der Waals surface area contributed by atoms with Crippen molar-refractivity contribution in [1.82, 2.24) is 4.90 Å². The molecule has 11 heteroatoms. The highest BCUT2D eigenvalue weighted by Gasteiger charge is 2.25. The van der Waals surface area contributed by atoms with Crippen LogP contribution in [0.5, 0.6) is 0 Å². The third-order valence-corrected chi connectivity index (χ3v) is 6.34. The van der Waals surface area contributed by atoms with Crippen LogP contribution in [0.2, 0.25) is 0 Å². The molecule has 0 radical (unpaired) electrons. The van der Waals surface area contributed by atoms with E-state index in [1.54, 1.807) is 12.1 Å². The number of nitrogens with zero attached hydrogens (tertiary/aromatic N) is 1. The van der Waals surface area contributed by atoms with E-state index < -0.39 is 41.0 Å². The number of hydrogen-bond donors (Lipinski definition) is 3. The molecule has 2 aromatic rings. The minimum atomic E-state index is -2.02. The summed E-state index contributed by atoms with van der Waals surface area (Å²) in [6.45, 7) is 3.80. The quantitative estimate of drug-likeness (QED) is 0.0984. The van der Waals surface area contributed by atoms with Crippen LogP contribution in [0.3, 0.4) is 0 Å². The summed E-state index contributed by atoms with van der Waals surface area (Å²) >= 11 is 0. The molecule has 0 atom stereocenters. The smallest absolute Gasteiger partial charge is 0.323 e. The van der Waals surface area contributed by atoms with E-state index in [1.165, 1.54) is 31.4 Å². The molecule has 3 rings (SSSR count). The summed E-state index contributed by atoms with van der Waals surface area (Å²) < 4.78 is 53.2. The Morgan fingerprint density at radius 3 is 2.23 bits per heavy atom. The van der Waals surface area contributed by atoms with Gasteiger partial charge in [-0.25, -0.2) is 22.4 Å². The average Bonchev–Trinajstić information content (AvgIpc) is 2.91. The second-order valence-electron chi connectivity index (χ2n) is 9.51. The predicted octanol–water partition coefficient (Wildman–Crippen LogP) is 6.84. The number of carboxylic acid groups (broad SMARTS) is 1. The zero-order chi connectivity index (χ0) is 28.9. The number of benzene rings is 2. The lowest BCUT2D eigenvalue weighted by Gasteiger charge is -2.28. The van der Waals surface area contributed by atoms with Gasteiger partial charge >= 0.3 is 12.0 Å². The fraction of sp³-hybridized carbons (Fsp3) is 0.464. The number of carboxylic acids is 1. The van der Waals surface area contributed by atoms with Gasteiger partial charge in [0.25, 0.3) is 0 Å². The molecule has 39 heavy (non-hydrogen) atoms. The van der Waals surface area contributed by atoms with E-state index in [9.17, 15) is 31.9 Å². The van der Waals surface area contributed by atoms with E-state index in [0.717, 1.165) is 38.8 Å². The van der Waals surface area contributed by atoms with Crippen molar-refractivity contribution < 1.29 is 37.1 Å². The summed E-state index contributed by atoms with van der Waals surface area (Å²) in [5.74, 6) is -8.14. The van der Waals surface area contributed by atoms with Gasteiger partial charge in [-0.2, -0.15) is 0 Å². The predicted molar refractivity (Wildman–Crippen MR) is 141 cm³/mol. The Kier molecular flexibility index (Phi) is 12.9. The van der Waals surface area contributed by atoms with Crippen LogP contribution in [0.1, 0.15) is 68.6 Å². The molecule has 2 amide bonds. The first kappa shape index (κ1) is 31.7. The lowest BCUT2D eigenvalue weighted by molar-refractivity contribution is -0.137. The number of aliphatic carboxylic acids is 1. The molecule has 3 N–H and O–H groups in total. The highest BCUT2D eigenvalue weighted by Crippen LogP contribution is 2.24. The van der Waals surface area contributed by atoms with Gasteiger partial charge < -0.3 is 20.6 Å². The number of likely N-dealkylation sites (tertiary alicyclic amines) is 1. The monoisotopic (exact) mass is 553 g/mol. The summed E-state index contributed by atoms with van der Waals surface area (Å²) in [4.78, 5) is 36.9. The molecule has 214 valence electrons. The Hall–Kier alpha value is -3.47. The number of piperidine rings is 1. The Morgan fingerprint density at radius 2 is 1.59 bits per heavy atom. The number of ketones is 1. The van der Waals surface area contributed by atoms with E-state index >= 15 is 0 Å². The fourth-order valence-electron chi connectivity index (χ4n) is 4.08. The lowest BCUT2D eigenvalue weighted by atomic mass is 9.89. The minimum Gasteiger partial charge on any atom is -0.481 e. The van der Waals surface area contributed by atoms with Crippen LogP contribution in [-0.2, 0) is 4.79 Å². The van der Waals surface area contributed by atoms with Crippen molar-refractivity contribution in [2.45, 2.75) is 58.3 Å². The zero-order valence-corrected chi connectivity index (χ0v) is 22.2. The summed E-state index contributed by atoms with van der Waals surface area (Å²) in [5.41, 5.74) is -0.190. The van der Waals surface area contributed by atoms with E-state index in [4.69, 9.17) is 5.11 Å². The summed E-state index contributed by atoms with van der Waals surface area (Å²) in [6.07, 6.45) is 7.37. The van der Waals surface area contributed by atoms with Gasteiger partial charge in [0.05, 0.1) is 5.69 Å². The topological polar surface area (TPSA) is 98.7 Å². The van der Waals surface area contributed by atoms with Crippen molar-refractivity contribution in [2.24, 2.45) is 5.92 Å². The largest absolute Gasteiger partial charge is 0.481 e. The highest BCUT2D eigenvalue weighted by molar-refractivity contribution is 6.02. The molecule has 0 saturated carbocycles. The summed E-state index contributed by atoms with van der Waals surface area (Å²) in [7, 11) is 1.99. The summed E-state index contributed by atoms with van der Waals surface area (Å²) in [5, 5.41) is 12.6. The molecule has 0 spiro atoms. The van der Waals surface area contributed by atoms with Crippen molar-refractivity contribution in [3.8, 4) is 0 Å². The van der Waals surface area contributed by atoms with Gasteiger partial charge in [0.1, 0.15) is 0 Å². The normalized spacial score (nSPS) is 13.8. The highest BCUT2D eigenvalue weighted by atomic mass is 19.2. The standard InChI is InChI=1S/C20H19F4N3O2.C8H16O2/c1-27-7-5-11(6-8-27)19(28)12-3-2-4-13(9-12)25-20(29)26-15-10-14(21)16(22)18(24)17(15)23;1-2-3-4-5-6-7-8(9)10/h2-4,9-11H,5-8H2,1H3,(H2,25,26,29);2-7H2,1H3,(H,9,10). The number of Topliss-reactive ketones (excluding diaryl/α,β-unsaturated/α-hetero) is 1. The molecule has 1 fully saturated rings. The molecule has 1 aliphatic heterocycles. The second-order valence-corrected chi connectivity index (χ2v) is 9.51. The lowest BCUT2D eigenvalue weighted by Crippen LogP contribution is -2.33. The van der Waals surface area contributed by atoms with E-state index in [2.05, 4.69) is 17.1 Å². The molecule has 2 aromatic carbocycles. The van der Waals surface area contributed by atoms with E-state index in [0.29, 0.717) is 18.1 Å². The number of anilines is 2. The van der Waals surface area contributed by atoms with Crippen LogP contribution in [0, 0.1) is 29.2 Å². The van der Waals surface area contributed by atoms with E-state index in [1.807, 2.05) is 12.4 Å². The maximum absolute atomic E-state index is 13.7. The number of halogens is 4. The van der Waals surface area contributed by atoms with Gasteiger partial charge in [-0.3, -0.25) is 9.59 Å². The fourth-order valence-corrected chi connectivity index (χ4v) is 4.08. The molecule has 7 nitrogen and oxygen atoms in total.